The van der Waals surface area contributed by atoms with E-state index in [9.17, 15) is 13.5 Å². The van der Waals surface area contributed by atoms with Crippen LogP contribution in [-0.4, -0.2) is 25.7 Å². The van der Waals surface area contributed by atoms with E-state index in [1.54, 1.807) is 6.92 Å². The molecule has 0 saturated carbocycles. The minimum Gasteiger partial charge on any atom is -0.389 e. The van der Waals surface area contributed by atoms with Crippen molar-refractivity contribution in [3.8, 4) is 0 Å². The molecule has 0 fully saturated rings. The summed E-state index contributed by atoms with van der Waals surface area (Å²) < 4.78 is 26.6. The molecule has 7 heteroatoms. The van der Waals surface area contributed by atoms with Crippen LogP contribution < -0.4 is 4.72 Å². The molecule has 1 heterocycles. The highest BCUT2D eigenvalue weighted by Gasteiger charge is 2.24. The molecule has 0 aliphatic carbocycles. The Morgan fingerprint density at radius 1 is 1.53 bits per heavy atom. The lowest BCUT2D eigenvalue weighted by Gasteiger charge is -2.22. The molecule has 4 nitrogen and oxygen atoms in total. The summed E-state index contributed by atoms with van der Waals surface area (Å²) in [5, 5.41) is 9.88. The second kappa shape index (κ2) is 5.67. The molecule has 2 N–H and O–H groups in total. The molecule has 0 aliphatic heterocycles. The quantitative estimate of drug-likeness (QED) is 0.846. The summed E-state index contributed by atoms with van der Waals surface area (Å²) in [4.78, 5) is 0. The van der Waals surface area contributed by atoms with Crippen LogP contribution in [0.5, 0.6) is 0 Å². The van der Waals surface area contributed by atoms with Crippen LogP contribution in [0.4, 0.5) is 0 Å². The van der Waals surface area contributed by atoms with Gasteiger partial charge < -0.3 is 5.11 Å². The second-order valence-electron chi connectivity index (χ2n) is 4.13. The van der Waals surface area contributed by atoms with E-state index in [1.807, 2.05) is 6.92 Å². The highest BCUT2D eigenvalue weighted by molar-refractivity contribution is 7.91. The first-order valence-electron chi connectivity index (χ1n) is 5.24. The normalized spacial score (nSPS) is 15.8. The van der Waals surface area contributed by atoms with Crippen molar-refractivity contribution in [2.45, 2.75) is 36.5 Å². The number of rotatable bonds is 6. The van der Waals surface area contributed by atoms with Gasteiger partial charge in [0.25, 0.3) is 0 Å². The van der Waals surface area contributed by atoms with Gasteiger partial charge in [0.15, 0.2) is 0 Å². The number of nitrogens with one attached hydrogen (secondary N) is 1. The molecule has 0 spiro atoms. The molecule has 1 aromatic heterocycles. The van der Waals surface area contributed by atoms with Crippen LogP contribution in [0.3, 0.4) is 0 Å². The smallest absolute Gasteiger partial charge is 0.250 e. The fraction of sp³-hybridized carbons (Fsp3) is 0.600. The summed E-state index contributed by atoms with van der Waals surface area (Å²) in [6.07, 6.45) is 1.33. The fourth-order valence-corrected chi connectivity index (χ4v) is 4.08. The Hall–Kier alpha value is -0.140. The minimum atomic E-state index is -3.57. The fourth-order valence-electron chi connectivity index (χ4n) is 1.39. The molecule has 1 aromatic rings. The molecule has 0 amide bonds. The van der Waals surface area contributed by atoms with Gasteiger partial charge in [-0.1, -0.05) is 24.9 Å². The van der Waals surface area contributed by atoms with E-state index in [4.69, 9.17) is 11.6 Å². The van der Waals surface area contributed by atoms with Gasteiger partial charge in [0.05, 0.1) is 9.94 Å². The van der Waals surface area contributed by atoms with Crippen molar-refractivity contribution < 1.29 is 13.5 Å². The van der Waals surface area contributed by atoms with Crippen LogP contribution in [0.2, 0.25) is 4.34 Å². The molecule has 0 bridgehead atoms. The van der Waals surface area contributed by atoms with Gasteiger partial charge >= 0.3 is 0 Å². The summed E-state index contributed by atoms with van der Waals surface area (Å²) in [6.45, 7) is 3.54. The zero-order valence-corrected chi connectivity index (χ0v) is 12.1. The van der Waals surface area contributed by atoms with Crippen LogP contribution in [0.1, 0.15) is 26.7 Å². The summed E-state index contributed by atoms with van der Waals surface area (Å²) >= 11 is 6.68. The molecule has 0 saturated heterocycles. The summed E-state index contributed by atoms with van der Waals surface area (Å²) in [5.74, 6) is 0. The number of hydrogen-bond donors (Lipinski definition) is 2. The number of thiophene rings is 1. The van der Waals surface area contributed by atoms with Gasteiger partial charge in [-0.2, -0.15) is 0 Å². The third kappa shape index (κ3) is 4.56. The van der Waals surface area contributed by atoms with Crippen LogP contribution in [0.25, 0.3) is 0 Å². The SMILES string of the molecule is CCCC(C)(O)CNS(=O)(=O)c1ccc(Cl)s1. The summed E-state index contributed by atoms with van der Waals surface area (Å²) in [5.41, 5.74) is -1.02. The van der Waals surface area contributed by atoms with Gasteiger partial charge in [-0.05, 0) is 25.5 Å². The number of aliphatic hydroxyl groups is 1. The van der Waals surface area contributed by atoms with Crippen molar-refractivity contribution in [3.05, 3.63) is 16.5 Å². The Kier molecular flexibility index (Phi) is 4.97. The monoisotopic (exact) mass is 297 g/mol. The van der Waals surface area contributed by atoms with E-state index in [2.05, 4.69) is 4.72 Å². The van der Waals surface area contributed by atoms with Crippen molar-refractivity contribution in [1.29, 1.82) is 0 Å². The van der Waals surface area contributed by atoms with E-state index in [0.717, 1.165) is 17.8 Å². The van der Waals surface area contributed by atoms with Gasteiger partial charge in [0.2, 0.25) is 10.0 Å². The maximum atomic E-state index is 11.8. The molecular formula is C10H16ClNO3S2. The minimum absolute atomic E-state index is 0.00130. The maximum Gasteiger partial charge on any atom is 0.250 e. The number of hydrogen-bond acceptors (Lipinski definition) is 4. The topological polar surface area (TPSA) is 66.4 Å². The van der Waals surface area contributed by atoms with Crippen molar-refractivity contribution in [3.63, 3.8) is 0 Å². The van der Waals surface area contributed by atoms with Gasteiger partial charge in [-0.15, -0.1) is 11.3 Å². The molecule has 98 valence electrons. The molecular weight excluding hydrogens is 282 g/mol. The predicted molar refractivity (Wildman–Crippen MR) is 70.0 cm³/mol. The Balaban J connectivity index is 2.69. The third-order valence-electron chi connectivity index (χ3n) is 2.25. The zero-order chi connectivity index (χ0) is 13.1. The average Bonchev–Trinajstić information content (AvgIpc) is 2.63. The lowest BCUT2D eigenvalue weighted by Crippen LogP contribution is -2.40. The Morgan fingerprint density at radius 3 is 2.65 bits per heavy atom. The average molecular weight is 298 g/mol. The predicted octanol–water partition coefficient (Wildman–Crippen LogP) is 2.23. The Morgan fingerprint density at radius 2 is 2.18 bits per heavy atom. The Bertz CT molecular complexity index is 468. The molecule has 0 aliphatic rings. The molecule has 1 atom stereocenters. The van der Waals surface area contributed by atoms with Crippen molar-refractivity contribution >= 4 is 33.0 Å². The molecule has 1 unspecified atom stereocenters. The van der Waals surface area contributed by atoms with Gasteiger partial charge in [-0.3, -0.25) is 0 Å². The van der Waals surface area contributed by atoms with Crippen LogP contribution in [0.15, 0.2) is 16.3 Å². The summed E-state index contributed by atoms with van der Waals surface area (Å²) in [7, 11) is -3.57. The van der Waals surface area contributed by atoms with Gasteiger partial charge in [0, 0.05) is 6.54 Å². The largest absolute Gasteiger partial charge is 0.389 e. The Labute approximate surface area is 111 Å². The number of sulfonamides is 1. The molecule has 1 rings (SSSR count). The first-order valence-corrected chi connectivity index (χ1v) is 7.92. The van der Waals surface area contributed by atoms with Gasteiger partial charge in [0.1, 0.15) is 4.21 Å². The highest BCUT2D eigenvalue weighted by atomic mass is 35.5. The third-order valence-corrected chi connectivity index (χ3v) is 5.37. The highest BCUT2D eigenvalue weighted by Crippen LogP contribution is 2.25. The maximum absolute atomic E-state index is 11.8. The first kappa shape index (κ1) is 14.9. The standard InChI is InChI=1S/C10H16ClNO3S2/c1-3-6-10(2,13)7-12-17(14,15)9-5-4-8(11)16-9/h4-5,12-13H,3,6-7H2,1-2H3. The van der Waals surface area contributed by atoms with E-state index < -0.39 is 15.6 Å². The van der Waals surface area contributed by atoms with E-state index >= 15 is 0 Å². The molecule has 0 aromatic carbocycles. The van der Waals surface area contributed by atoms with E-state index in [-0.39, 0.29) is 10.8 Å². The zero-order valence-electron chi connectivity index (χ0n) is 9.73. The van der Waals surface area contributed by atoms with Crippen molar-refractivity contribution in [1.82, 2.24) is 4.72 Å². The van der Waals surface area contributed by atoms with E-state index in [0.29, 0.717) is 10.8 Å². The second-order valence-corrected chi connectivity index (χ2v) is 7.84. The van der Waals surface area contributed by atoms with E-state index in [1.165, 1.54) is 12.1 Å². The van der Waals surface area contributed by atoms with Crippen molar-refractivity contribution in [2.24, 2.45) is 0 Å². The van der Waals surface area contributed by atoms with Crippen LogP contribution in [0, 0.1) is 0 Å². The van der Waals surface area contributed by atoms with Gasteiger partial charge in [-0.25, -0.2) is 13.1 Å². The lowest BCUT2D eigenvalue weighted by atomic mass is 10.0. The first-order chi connectivity index (χ1) is 7.77. The van der Waals surface area contributed by atoms with Crippen molar-refractivity contribution in [2.75, 3.05) is 6.54 Å². The lowest BCUT2D eigenvalue weighted by molar-refractivity contribution is 0.0554. The summed E-state index contributed by atoms with van der Waals surface area (Å²) in [6, 6.07) is 2.98. The van der Waals surface area contributed by atoms with Crippen LogP contribution in [-0.2, 0) is 10.0 Å². The number of halogens is 1. The molecule has 0 radical (unpaired) electrons. The molecule has 17 heavy (non-hydrogen) atoms. The van der Waals surface area contributed by atoms with Crippen LogP contribution >= 0.6 is 22.9 Å².